The van der Waals surface area contributed by atoms with Gasteiger partial charge >= 0.3 is 0 Å². The van der Waals surface area contributed by atoms with Crippen molar-refractivity contribution in [3.63, 3.8) is 0 Å². The molecule has 2 heterocycles. The van der Waals surface area contributed by atoms with Gasteiger partial charge in [-0.3, -0.25) is 0 Å². The maximum absolute atomic E-state index is 6.16. The van der Waals surface area contributed by atoms with E-state index in [0.29, 0.717) is 0 Å². The first-order chi connectivity index (χ1) is 7.83. The molecule has 0 saturated carbocycles. The zero-order valence-electron chi connectivity index (χ0n) is 9.07. The van der Waals surface area contributed by atoms with Gasteiger partial charge in [-0.15, -0.1) is 11.3 Å². The zero-order valence-corrected chi connectivity index (χ0v) is 10.6. The van der Waals surface area contributed by atoms with Gasteiger partial charge in [0.2, 0.25) is 0 Å². The van der Waals surface area contributed by atoms with E-state index in [1.807, 2.05) is 23.6 Å². The van der Waals surface area contributed by atoms with Crippen molar-refractivity contribution in [1.29, 1.82) is 0 Å². The second-order valence-corrected chi connectivity index (χ2v) is 4.89. The molecular weight excluding hydrogens is 242 g/mol. The van der Waals surface area contributed by atoms with Crippen LogP contribution in [0.4, 0.5) is 0 Å². The minimum Gasteiger partial charge on any atom is -0.467 e. The smallest absolute Gasteiger partial charge is 0.126 e. The molecule has 0 aliphatic rings. The van der Waals surface area contributed by atoms with E-state index < -0.39 is 0 Å². The minimum atomic E-state index is 0.0717. The number of halogens is 1. The van der Waals surface area contributed by atoms with Crippen molar-refractivity contribution in [2.45, 2.75) is 19.4 Å². The van der Waals surface area contributed by atoms with Gasteiger partial charge in [-0.05, 0) is 36.5 Å². The van der Waals surface area contributed by atoms with Crippen LogP contribution in [0.15, 0.2) is 34.3 Å². The summed E-state index contributed by atoms with van der Waals surface area (Å²) >= 11 is 7.81. The predicted molar refractivity (Wildman–Crippen MR) is 68.2 cm³/mol. The summed E-state index contributed by atoms with van der Waals surface area (Å²) in [7, 11) is 0. The number of hydrogen-bond donors (Lipinski definition) is 1. The lowest BCUT2D eigenvalue weighted by Gasteiger charge is -2.15. The highest BCUT2D eigenvalue weighted by Crippen LogP contribution is 2.32. The normalized spacial score (nSPS) is 12.9. The molecule has 2 aromatic rings. The molecule has 2 rings (SSSR count). The van der Waals surface area contributed by atoms with E-state index in [1.165, 1.54) is 0 Å². The van der Waals surface area contributed by atoms with Crippen LogP contribution in [-0.2, 0) is 0 Å². The van der Waals surface area contributed by atoms with Crippen LogP contribution in [0, 0.1) is 0 Å². The van der Waals surface area contributed by atoms with Crippen LogP contribution in [0.1, 0.15) is 30.0 Å². The molecule has 1 N–H and O–H groups in total. The molecule has 0 saturated heterocycles. The van der Waals surface area contributed by atoms with E-state index in [-0.39, 0.29) is 6.04 Å². The van der Waals surface area contributed by atoms with Crippen LogP contribution < -0.4 is 5.32 Å². The molecule has 0 bridgehead atoms. The number of rotatable bonds is 5. The Morgan fingerprint density at radius 3 is 2.94 bits per heavy atom. The van der Waals surface area contributed by atoms with E-state index in [9.17, 15) is 0 Å². The molecule has 86 valence electrons. The van der Waals surface area contributed by atoms with E-state index in [2.05, 4.69) is 12.2 Å². The quantitative estimate of drug-likeness (QED) is 0.871. The summed E-state index contributed by atoms with van der Waals surface area (Å²) in [5.41, 5.74) is 0. The second-order valence-electron chi connectivity index (χ2n) is 3.54. The average molecular weight is 256 g/mol. The Hall–Kier alpha value is -0.770. The van der Waals surface area contributed by atoms with E-state index >= 15 is 0 Å². The Morgan fingerprint density at radius 2 is 2.38 bits per heavy atom. The number of nitrogens with one attached hydrogen (secondary N) is 1. The van der Waals surface area contributed by atoms with Crippen molar-refractivity contribution in [3.05, 3.63) is 45.5 Å². The molecule has 0 fully saturated rings. The Bertz CT molecular complexity index is 424. The summed E-state index contributed by atoms with van der Waals surface area (Å²) in [5.74, 6) is 0.915. The fourth-order valence-corrected chi connectivity index (χ4v) is 2.83. The first kappa shape index (κ1) is 11.7. The highest BCUT2D eigenvalue weighted by molar-refractivity contribution is 7.10. The Labute approximate surface area is 104 Å². The second kappa shape index (κ2) is 5.53. The van der Waals surface area contributed by atoms with Crippen LogP contribution in [-0.4, -0.2) is 6.54 Å². The molecule has 1 unspecified atom stereocenters. The molecule has 2 nitrogen and oxygen atoms in total. The lowest BCUT2D eigenvalue weighted by Crippen LogP contribution is -2.22. The van der Waals surface area contributed by atoms with Gasteiger partial charge in [0.1, 0.15) is 11.8 Å². The Balaban J connectivity index is 2.25. The highest BCUT2D eigenvalue weighted by Gasteiger charge is 2.19. The van der Waals surface area contributed by atoms with Crippen molar-refractivity contribution in [3.8, 4) is 0 Å². The summed E-state index contributed by atoms with van der Waals surface area (Å²) in [6, 6.07) is 5.87. The largest absolute Gasteiger partial charge is 0.467 e. The summed E-state index contributed by atoms with van der Waals surface area (Å²) in [6.45, 7) is 3.09. The molecule has 0 radical (unpaired) electrons. The van der Waals surface area contributed by atoms with Crippen LogP contribution >= 0.6 is 22.9 Å². The van der Waals surface area contributed by atoms with Gasteiger partial charge in [0.15, 0.2) is 0 Å². The molecule has 16 heavy (non-hydrogen) atoms. The molecule has 1 atom stereocenters. The molecule has 0 aliphatic heterocycles. The van der Waals surface area contributed by atoms with E-state index in [4.69, 9.17) is 16.0 Å². The van der Waals surface area contributed by atoms with Crippen molar-refractivity contribution in [2.24, 2.45) is 0 Å². The molecule has 2 aromatic heterocycles. The minimum absolute atomic E-state index is 0.0717. The van der Waals surface area contributed by atoms with Gasteiger partial charge in [0, 0.05) is 4.88 Å². The Morgan fingerprint density at radius 1 is 1.50 bits per heavy atom. The predicted octanol–water partition coefficient (Wildman–Crippen LogP) is 4.08. The third kappa shape index (κ3) is 2.48. The van der Waals surface area contributed by atoms with Crippen LogP contribution in [0.3, 0.4) is 0 Å². The average Bonchev–Trinajstić information content (AvgIpc) is 2.91. The lowest BCUT2D eigenvalue weighted by atomic mass is 10.2. The van der Waals surface area contributed by atoms with Crippen LogP contribution in [0.25, 0.3) is 0 Å². The molecule has 0 aliphatic carbocycles. The van der Waals surface area contributed by atoms with Gasteiger partial charge in [-0.25, -0.2) is 0 Å². The lowest BCUT2D eigenvalue weighted by molar-refractivity contribution is 0.450. The monoisotopic (exact) mass is 255 g/mol. The fourth-order valence-electron chi connectivity index (χ4n) is 1.58. The Kier molecular flexibility index (Phi) is 4.04. The van der Waals surface area contributed by atoms with Crippen molar-refractivity contribution in [2.75, 3.05) is 6.54 Å². The van der Waals surface area contributed by atoms with Crippen LogP contribution in [0.5, 0.6) is 0 Å². The third-order valence-corrected chi connectivity index (χ3v) is 3.76. The maximum Gasteiger partial charge on any atom is 0.126 e. The number of thiophene rings is 1. The number of furan rings is 1. The van der Waals surface area contributed by atoms with Gasteiger partial charge in [-0.1, -0.05) is 18.5 Å². The van der Waals surface area contributed by atoms with E-state index in [0.717, 1.165) is 28.6 Å². The first-order valence-corrected chi connectivity index (χ1v) is 6.58. The standard InChI is InChI=1S/C12H14ClNOS/c1-2-6-14-11(10-4-3-7-15-10)12-9(13)5-8-16-12/h3-5,7-8,11,14H,2,6H2,1H3. The summed E-state index contributed by atoms with van der Waals surface area (Å²) in [4.78, 5) is 1.12. The van der Waals surface area contributed by atoms with Crippen molar-refractivity contribution < 1.29 is 4.42 Å². The van der Waals surface area contributed by atoms with Crippen LogP contribution in [0.2, 0.25) is 5.02 Å². The molecule has 4 heteroatoms. The summed E-state index contributed by atoms with van der Waals surface area (Å²) in [5, 5.41) is 6.25. The SMILES string of the molecule is CCCNC(c1ccco1)c1sccc1Cl. The fraction of sp³-hybridized carbons (Fsp3) is 0.333. The van der Waals surface area contributed by atoms with E-state index in [1.54, 1.807) is 17.6 Å². The van der Waals surface area contributed by atoms with Crippen molar-refractivity contribution >= 4 is 22.9 Å². The van der Waals surface area contributed by atoms with Gasteiger partial charge in [0.25, 0.3) is 0 Å². The molecule has 0 amide bonds. The van der Waals surface area contributed by atoms with Gasteiger partial charge < -0.3 is 9.73 Å². The topological polar surface area (TPSA) is 25.2 Å². The van der Waals surface area contributed by atoms with Gasteiger partial charge in [-0.2, -0.15) is 0 Å². The summed E-state index contributed by atoms with van der Waals surface area (Å²) in [6.07, 6.45) is 2.78. The third-order valence-electron chi connectivity index (χ3n) is 2.33. The highest BCUT2D eigenvalue weighted by atomic mass is 35.5. The van der Waals surface area contributed by atoms with Gasteiger partial charge in [0.05, 0.1) is 11.3 Å². The molecule has 0 aromatic carbocycles. The maximum atomic E-state index is 6.16. The molecular formula is C12H14ClNOS. The summed E-state index contributed by atoms with van der Waals surface area (Å²) < 4.78 is 5.46. The first-order valence-electron chi connectivity index (χ1n) is 5.32. The van der Waals surface area contributed by atoms with Crippen molar-refractivity contribution in [1.82, 2.24) is 5.32 Å². The zero-order chi connectivity index (χ0) is 11.4. The number of hydrogen-bond acceptors (Lipinski definition) is 3. The molecule has 0 spiro atoms.